The topological polar surface area (TPSA) is 52.3 Å². The fourth-order valence-corrected chi connectivity index (χ4v) is 1.64. The van der Waals surface area contributed by atoms with Crippen LogP contribution in [0.25, 0.3) is 0 Å². The molecule has 2 aromatic rings. The zero-order valence-electron chi connectivity index (χ0n) is 10.9. The summed E-state index contributed by atoms with van der Waals surface area (Å²) >= 11 is 0. The molecule has 110 valence electrons. The first-order valence-corrected chi connectivity index (χ1v) is 6.05. The zero-order chi connectivity index (χ0) is 15.5. The molecule has 2 aromatic carbocycles. The monoisotopic (exact) mass is 295 g/mol. The number of esters is 1. The second kappa shape index (κ2) is 5.87. The Balaban J connectivity index is 1.97. The van der Waals surface area contributed by atoms with E-state index in [0.29, 0.717) is 16.8 Å². The Morgan fingerprint density at radius 3 is 2.10 bits per heavy atom. The second-order valence-electron chi connectivity index (χ2n) is 4.39. The van der Waals surface area contributed by atoms with Gasteiger partial charge in [-0.2, -0.15) is 13.2 Å². The number of carbonyl (C=O) groups excluding carboxylic acids is 1. The maximum atomic E-state index is 12.4. The number of benzene rings is 2. The standard InChI is InChI=1S/C15H12F3NO2/c16-15(17,18)12-5-1-10(2-6-12)9-21-14(20)11-3-7-13(19)8-4-11/h1-8H,9,19H2. The van der Waals surface area contributed by atoms with E-state index in [9.17, 15) is 18.0 Å². The Morgan fingerprint density at radius 2 is 1.57 bits per heavy atom. The number of nitrogens with two attached hydrogens (primary N) is 1. The van der Waals surface area contributed by atoms with Crippen molar-refractivity contribution in [2.75, 3.05) is 5.73 Å². The first kappa shape index (κ1) is 14.9. The van der Waals surface area contributed by atoms with E-state index in [2.05, 4.69) is 0 Å². The van der Waals surface area contributed by atoms with E-state index in [1.165, 1.54) is 24.3 Å². The normalized spacial score (nSPS) is 11.2. The minimum absolute atomic E-state index is 0.0959. The van der Waals surface area contributed by atoms with Gasteiger partial charge in [0.25, 0.3) is 0 Å². The molecule has 0 aliphatic rings. The molecule has 0 fully saturated rings. The maximum Gasteiger partial charge on any atom is 0.416 e. The van der Waals surface area contributed by atoms with Gasteiger partial charge in [0.05, 0.1) is 11.1 Å². The van der Waals surface area contributed by atoms with Crippen LogP contribution in [0.5, 0.6) is 0 Å². The third-order valence-corrected chi connectivity index (χ3v) is 2.80. The minimum atomic E-state index is -4.38. The van der Waals surface area contributed by atoms with Crippen LogP contribution in [0.1, 0.15) is 21.5 Å². The highest BCUT2D eigenvalue weighted by atomic mass is 19.4. The van der Waals surface area contributed by atoms with Crippen LogP contribution in [0, 0.1) is 0 Å². The van der Waals surface area contributed by atoms with Gasteiger partial charge in [0.2, 0.25) is 0 Å². The number of hydrogen-bond acceptors (Lipinski definition) is 3. The molecule has 6 heteroatoms. The number of alkyl halides is 3. The number of rotatable bonds is 3. The fourth-order valence-electron chi connectivity index (χ4n) is 1.64. The van der Waals surface area contributed by atoms with Crippen molar-refractivity contribution in [2.24, 2.45) is 0 Å². The number of ether oxygens (including phenoxy) is 1. The molecule has 0 saturated heterocycles. The number of halogens is 3. The van der Waals surface area contributed by atoms with Crippen molar-refractivity contribution in [3.05, 3.63) is 65.2 Å². The highest BCUT2D eigenvalue weighted by molar-refractivity contribution is 5.89. The molecule has 0 saturated carbocycles. The van der Waals surface area contributed by atoms with Crippen molar-refractivity contribution in [2.45, 2.75) is 12.8 Å². The van der Waals surface area contributed by atoms with Crippen molar-refractivity contribution < 1.29 is 22.7 Å². The lowest BCUT2D eigenvalue weighted by molar-refractivity contribution is -0.137. The Bertz CT molecular complexity index is 619. The molecule has 0 spiro atoms. The smallest absolute Gasteiger partial charge is 0.416 e. The van der Waals surface area contributed by atoms with Crippen LogP contribution < -0.4 is 5.73 Å². The van der Waals surface area contributed by atoms with Gasteiger partial charge in [0.15, 0.2) is 0 Å². The molecule has 3 nitrogen and oxygen atoms in total. The van der Waals surface area contributed by atoms with Gasteiger partial charge in [-0.3, -0.25) is 0 Å². The molecule has 2 N–H and O–H groups in total. The van der Waals surface area contributed by atoms with Crippen LogP contribution >= 0.6 is 0 Å². The van der Waals surface area contributed by atoms with E-state index in [4.69, 9.17) is 10.5 Å². The second-order valence-corrected chi connectivity index (χ2v) is 4.39. The quantitative estimate of drug-likeness (QED) is 0.694. The van der Waals surface area contributed by atoms with Crippen LogP contribution in [0.3, 0.4) is 0 Å². The molecular weight excluding hydrogens is 283 g/mol. The summed E-state index contributed by atoms with van der Waals surface area (Å²) < 4.78 is 42.2. The van der Waals surface area contributed by atoms with Gasteiger partial charge < -0.3 is 10.5 Å². The van der Waals surface area contributed by atoms with Gasteiger partial charge in [-0.15, -0.1) is 0 Å². The molecule has 0 radical (unpaired) electrons. The molecule has 0 atom stereocenters. The summed E-state index contributed by atoms with van der Waals surface area (Å²) in [5, 5.41) is 0. The van der Waals surface area contributed by atoms with E-state index < -0.39 is 17.7 Å². The summed E-state index contributed by atoms with van der Waals surface area (Å²) in [7, 11) is 0. The molecule has 0 amide bonds. The van der Waals surface area contributed by atoms with Crippen LogP contribution in [0.2, 0.25) is 0 Å². The van der Waals surface area contributed by atoms with E-state index in [0.717, 1.165) is 12.1 Å². The van der Waals surface area contributed by atoms with Crippen LogP contribution in [-0.4, -0.2) is 5.97 Å². The molecular formula is C15H12F3NO2. The molecule has 0 aliphatic carbocycles. The zero-order valence-corrected chi connectivity index (χ0v) is 10.9. The summed E-state index contributed by atoms with van der Waals surface area (Å²) in [6.07, 6.45) is -4.38. The number of nitrogen functional groups attached to an aromatic ring is 1. The Labute approximate surface area is 119 Å². The molecule has 0 bridgehead atoms. The number of hydrogen-bond donors (Lipinski definition) is 1. The Hall–Kier alpha value is -2.50. The highest BCUT2D eigenvalue weighted by Gasteiger charge is 2.29. The average molecular weight is 295 g/mol. The maximum absolute atomic E-state index is 12.4. The van der Waals surface area contributed by atoms with Crippen molar-refractivity contribution in [1.29, 1.82) is 0 Å². The van der Waals surface area contributed by atoms with Crippen molar-refractivity contribution in [3.63, 3.8) is 0 Å². The van der Waals surface area contributed by atoms with Crippen molar-refractivity contribution >= 4 is 11.7 Å². The average Bonchev–Trinajstić information content (AvgIpc) is 2.45. The predicted octanol–water partition coefficient (Wildman–Crippen LogP) is 3.64. The van der Waals surface area contributed by atoms with Gasteiger partial charge in [-0.05, 0) is 42.0 Å². The molecule has 0 aromatic heterocycles. The molecule has 0 unspecified atom stereocenters. The van der Waals surface area contributed by atoms with Gasteiger partial charge in [0.1, 0.15) is 6.61 Å². The van der Waals surface area contributed by atoms with Gasteiger partial charge >= 0.3 is 12.1 Å². The third-order valence-electron chi connectivity index (χ3n) is 2.80. The van der Waals surface area contributed by atoms with Crippen LogP contribution in [0.15, 0.2) is 48.5 Å². The van der Waals surface area contributed by atoms with Crippen LogP contribution in [0.4, 0.5) is 18.9 Å². The summed E-state index contributed by atoms with van der Waals surface area (Å²) in [6, 6.07) is 10.6. The van der Waals surface area contributed by atoms with E-state index >= 15 is 0 Å². The summed E-state index contributed by atoms with van der Waals surface area (Å²) in [5.74, 6) is -0.560. The van der Waals surface area contributed by atoms with E-state index in [1.807, 2.05) is 0 Å². The fraction of sp³-hybridized carbons (Fsp3) is 0.133. The Morgan fingerprint density at radius 1 is 1.00 bits per heavy atom. The summed E-state index contributed by atoms with van der Waals surface area (Å²) in [5.41, 5.74) is 6.09. The van der Waals surface area contributed by atoms with Gasteiger partial charge in [-0.25, -0.2) is 4.79 Å². The third kappa shape index (κ3) is 3.98. The lowest BCUT2D eigenvalue weighted by Crippen LogP contribution is -2.07. The van der Waals surface area contributed by atoms with Crippen molar-refractivity contribution in [3.8, 4) is 0 Å². The minimum Gasteiger partial charge on any atom is -0.457 e. The largest absolute Gasteiger partial charge is 0.457 e. The summed E-state index contributed by atoms with van der Waals surface area (Å²) in [6.45, 7) is -0.0959. The number of anilines is 1. The van der Waals surface area contributed by atoms with E-state index in [-0.39, 0.29) is 6.61 Å². The first-order chi connectivity index (χ1) is 9.86. The predicted molar refractivity (Wildman–Crippen MR) is 71.4 cm³/mol. The first-order valence-electron chi connectivity index (χ1n) is 6.05. The Kier molecular flexibility index (Phi) is 4.16. The van der Waals surface area contributed by atoms with E-state index in [1.54, 1.807) is 12.1 Å². The molecule has 2 rings (SSSR count). The van der Waals surface area contributed by atoms with Crippen molar-refractivity contribution in [1.82, 2.24) is 0 Å². The van der Waals surface area contributed by atoms with Gasteiger partial charge in [-0.1, -0.05) is 12.1 Å². The van der Waals surface area contributed by atoms with Crippen LogP contribution in [-0.2, 0) is 17.5 Å². The molecule has 21 heavy (non-hydrogen) atoms. The lowest BCUT2D eigenvalue weighted by Gasteiger charge is -2.08. The lowest BCUT2D eigenvalue weighted by atomic mass is 10.1. The van der Waals surface area contributed by atoms with Gasteiger partial charge in [0, 0.05) is 5.69 Å². The summed E-state index contributed by atoms with van der Waals surface area (Å²) in [4.78, 5) is 11.7. The number of carbonyl (C=O) groups is 1. The highest BCUT2D eigenvalue weighted by Crippen LogP contribution is 2.29. The molecule has 0 aliphatic heterocycles. The SMILES string of the molecule is Nc1ccc(C(=O)OCc2ccc(C(F)(F)F)cc2)cc1. The molecule has 0 heterocycles.